The zero-order chi connectivity index (χ0) is 40.1. The van der Waals surface area contributed by atoms with Gasteiger partial charge in [0.15, 0.2) is 0 Å². The lowest BCUT2D eigenvalue weighted by molar-refractivity contribution is 0.632. The zero-order valence-corrected chi connectivity index (χ0v) is 33.3. The molecule has 0 bridgehead atoms. The van der Waals surface area contributed by atoms with Gasteiger partial charge < -0.3 is 9.47 Å². The molecule has 9 aromatic rings. The third-order valence-electron chi connectivity index (χ3n) is 12.0. The first-order valence-electron chi connectivity index (χ1n) is 20.2. The topological polar surface area (TPSA) is 20.5 Å². The Bertz CT molecular complexity index is 3080. The maximum absolute atomic E-state index is 4.57. The van der Waals surface area contributed by atoms with E-state index in [1.807, 2.05) is 0 Å². The molecule has 10 rings (SSSR count). The second-order valence-corrected chi connectivity index (χ2v) is 15.7. The van der Waals surface area contributed by atoms with Crippen molar-refractivity contribution in [3.05, 3.63) is 230 Å². The third-order valence-corrected chi connectivity index (χ3v) is 12.0. The molecule has 1 aromatic heterocycles. The summed E-state index contributed by atoms with van der Waals surface area (Å²) in [5.41, 5.74) is 18.0. The molecule has 0 amide bonds. The monoisotopic (exact) mass is 757 g/mol. The van der Waals surface area contributed by atoms with Crippen molar-refractivity contribution in [1.29, 1.82) is 0 Å². The van der Waals surface area contributed by atoms with Gasteiger partial charge in [-0.15, -0.1) is 0 Å². The van der Waals surface area contributed by atoms with Crippen molar-refractivity contribution in [2.75, 3.05) is 4.90 Å². The maximum Gasteiger partial charge on any atom is 0.0695 e. The second kappa shape index (κ2) is 14.5. The third kappa shape index (κ3) is 6.02. The van der Waals surface area contributed by atoms with E-state index in [9.17, 15) is 0 Å². The first kappa shape index (κ1) is 35.9. The summed E-state index contributed by atoms with van der Waals surface area (Å²) < 4.78 is 2.43. The van der Waals surface area contributed by atoms with Crippen molar-refractivity contribution in [2.45, 2.75) is 19.3 Å². The van der Waals surface area contributed by atoms with Gasteiger partial charge in [0.25, 0.3) is 0 Å². The Morgan fingerprint density at radius 3 is 1.80 bits per heavy atom. The highest BCUT2D eigenvalue weighted by atomic mass is 15.2. The van der Waals surface area contributed by atoms with E-state index in [0.717, 1.165) is 28.3 Å². The number of anilines is 3. The van der Waals surface area contributed by atoms with E-state index in [4.69, 9.17) is 0 Å². The Morgan fingerprint density at radius 1 is 0.508 bits per heavy atom. The number of hydrogen-bond donors (Lipinski definition) is 0. The largest absolute Gasteiger partial charge is 0.310 e. The number of aromatic nitrogens is 1. The normalized spacial score (nSPS) is 13.3. The minimum atomic E-state index is -0.354. The van der Waals surface area contributed by atoms with Gasteiger partial charge >= 0.3 is 0 Å². The molecule has 0 N–H and O–H groups in total. The van der Waals surface area contributed by atoms with Crippen LogP contribution in [0.25, 0.3) is 60.9 Å². The second-order valence-electron chi connectivity index (χ2n) is 15.7. The van der Waals surface area contributed by atoms with Crippen molar-refractivity contribution in [1.82, 2.24) is 4.57 Å². The summed E-state index contributed by atoms with van der Waals surface area (Å²) in [6.45, 7) is 12.6. The summed E-state index contributed by atoms with van der Waals surface area (Å²) in [4.78, 5) is 6.99. The Balaban J connectivity index is 1.20. The molecule has 0 radical (unpaired) electrons. The van der Waals surface area contributed by atoms with Crippen molar-refractivity contribution < 1.29 is 0 Å². The quantitative estimate of drug-likeness (QED) is 0.141. The lowest BCUT2D eigenvalue weighted by atomic mass is 9.72. The van der Waals surface area contributed by atoms with Crippen LogP contribution in [0.1, 0.15) is 30.5 Å². The van der Waals surface area contributed by atoms with Gasteiger partial charge in [0, 0.05) is 44.9 Å². The van der Waals surface area contributed by atoms with Crippen LogP contribution in [0.3, 0.4) is 0 Å². The van der Waals surface area contributed by atoms with Gasteiger partial charge in [0.1, 0.15) is 0 Å². The smallest absolute Gasteiger partial charge is 0.0695 e. The van der Waals surface area contributed by atoms with Crippen molar-refractivity contribution in [2.24, 2.45) is 4.99 Å². The Kier molecular flexibility index (Phi) is 8.80. The molecule has 0 saturated heterocycles. The van der Waals surface area contributed by atoms with Gasteiger partial charge in [0.05, 0.1) is 28.1 Å². The van der Waals surface area contributed by atoms with Gasteiger partial charge in [-0.2, -0.15) is 0 Å². The average molecular weight is 758 g/mol. The number of allylic oxidation sites excluding steroid dienone is 1. The van der Waals surface area contributed by atoms with Gasteiger partial charge in [-0.25, -0.2) is 0 Å². The molecule has 2 heterocycles. The number of benzene rings is 8. The Morgan fingerprint density at radius 2 is 1.10 bits per heavy atom. The molecule has 1 aliphatic heterocycles. The zero-order valence-electron chi connectivity index (χ0n) is 33.3. The van der Waals surface area contributed by atoms with Crippen LogP contribution in [0, 0.1) is 0 Å². The van der Waals surface area contributed by atoms with Crippen LogP contribution in [0.15, 0.2) is 218 Å². The fourth-order valence-corrected chi connectivity index (χ4v) is 9.08. The standard InChI is InChI=1S/C56H43N3/c1-5-51(57-6-2)42-29-33-54-50(37-42)56(3,4)49-36-41(28-32-53(49)58(54)45-30-26-39(27-31-45)38-18-10-7-11-19-38)43-34-47(40-20-12-8-13-21-40)55-48(35-43)46-24-16-17-25-52(46)59(55)44-22-14-9-15-23-44/h5-37H,1-2H2,3-4H3. The fourth-order valence-electron chi connectivity index (χ4n) is 9.08. The maximum atomic E-state index is 4.57. The molecule has 0 fully saturated rings. The molecule has 3 heteroatoms. The average Bonchev–Trinajstić information content (AvgIpc) is 3.63. The van der Waals surface area contributed by atoms with Gasteiger partial charge in [0.2, 0.25) is 0 Å². The van der Waals surface area contributed by atoms with Crippen molar-refractivity contribution >= 4 is 44.6 Å². The first-order valence-corrected chi connectivity index (χ1v) is 20.2. The molecular weight excluding hydrogens is 715 g/mol. The highest BCUT2D eigenvalue weighted by Crippen LogP contribution is 2.53. The number of nitrogens with zero attached hydrogens (tertiary/aromatic N) is 3. The predicted molar refractivity (Wildman–Crippen MR) is 251 cm³/mol. The molecule has 282 valence electrons. The lowest BCUT2D eigenvalue weighted by Gasteiger charge is -2.42. The van der Waals surface area contributed by atoms with Crippen LogP contribution in [0.5, 0.6) is 0 Å². The summed E-state index contributed by atoms with van der Waals surface area (Å²) in [5, 5.41) is 2.46. The van der Waals surface area contributed by atoms with Crippen LogP contribution < -0.4 is 4.90 Å². The van der Waals surface area contributed by atoms with Gasteiger partial charge in [-0.3, -0.25) is 4.99 Å². The number of rotatable bonds is 8. The summed E-state index contributed by atoms with van der Waals surface area (Å²) in [5.74, 6) is 0. The number of aliphatic imine (C=N–C) groups is 1. The number of fused-ring (bicyclic) bond motifs is 5. The van der Waals surface area contributed by atoms with E-state index in [-0.39, 0.29) is 5.41 Å². The predicted octanol–water partition coefficient (Wildman–Crippen LogP) is 15.0. The van der Waals surface area contributed by atoms with Crippen LogP contribution >= 0.6 is 0 Å². The van der Waals surface area contributed by atoms with E-state index in [1.165, 1.54) is 72.0 Å². The highest BCUT2D eigenvalue weighted by molar-refractivity contribution is 6.15. The Hall–Kier alpha value is -7.49. The summed E-state index contributed by atoms with van der Waals surface area (Å²) in [6, 6.07) is 68.3. The molecule has 0 unspecified atom stereocenters. The van der Waals surface area contributed by atoms with E-state index in [2.05, 4.69) is 230 Å². The highest BCUT2D eigenvalue weighted by Gasteiger charge is 2.38. The van der Waals surface area contributed by atoms with Crippen LogP contribution in [0.2, 0.25) is 0 Å². The summed E-state index contributed by atoms with van der Waals surface area (Å²) in [7, 11) is 0. The van der Waals surface area contributed by atoms with Gasteiger partial charge in [-0.05, 0) is 112 Å². The molecule has 0 aliphatic carbocycles. The van der Waals surface area contributed by atoms with E-state index < -0.39 is 0 Å². The molecular formula is C56H43N3. The SMILES string of the molecule is C=CN=C(C=C)c1ccc2c(c1)C(C)(C)c1cc(-c3cc(-c4ccccc4)c4c(c3)c3ccccc3n4-c3ccccc3)ccc1N2c1ccc(-c2ccccc2)cc1. The molecule has 3 nitrogen and oxygen atoms in total. The molecule has 0 atom stereocenters. The van der Waals surface area contributed by atoms with Gasteiger partial charge in [-0.1, -0.05) is 148 Å². The first-order chi connectivity index (χ1) is 28.9. The number of hydrogen-bond acceptors (Lipinski definition) is 2. The van der Waals surface area contributed by atoms with E-state index >= 15 is 0 Å². The Labute approximate surface area is 346 Å². The van der Waals surface area contributed by atoms with Crippen molar-refractivity contribution in [3.63, 3.8) is 0 Å². The van der Waals surface area contributed by atoms with E-state index in [0.29, 0.717) is 0 Å². The van der Waals surface area contributed by atoms with Crippen LogP contribution in [-0.4, -0.2) is 10.3 Å². The van der Waals surface area contributed by atoms with Crippen LogP contribution in [0.4, 0.5) is 17.1 Å². The summed E-state index contributed by atoms with van der Waals surface area (Å²) in [6.07, 6.45) is 3.39. The summed E-state index contributed by atoms with van der Waals surface area (Å²) >= 11 is 0. The molecule has 8 aromatic carbocycles. The minimum absolute atomic E-state index is 0.354. The van der Waals surface area contributed by atoms with Crippen LogP contribution in [-0.2, 0) is 5.41 Å². The molecule has 1 aliphatic rings. The number of para-hydroxylation sites is 2. The lowest BCUT2D eigenvalue weighted by Crippen LogP contribution is -2.31. The molecule has 59 heavy (non-hydrogen) atoms. The van der Waals surface area contributed by atoms with E-state index in [1.54, 1.807) is 12.3 Å². The minimum Gasteiger partial charge on any atom is -0.310 e. The molecule has 0 spiro atoms. The molecule has 0 saturated carbocycles. The van der Waals surface area contributed by atoms with Crippen molar-refractivity contribution in [3.8, 4) is 39.1 Å². The fraction of sp³-hybridized carbons (Fsp3) is 0.0536.